The standard InChI is InChI=1S/C18H17ClO5/c1-12(20)23-9-8-13-2-5-16(6-3-13)24-11-14-10-15(19)4-7-17(14)18(21)22/h2-7,10H,8-9,11H2,1H3,(H,21,22). The van der Waals surface area contributed by atoms with E-state index in [1.165, 1.54) is 19.1 Å². The van der Waals surface area contributed by atoms with E-state index in [0.717, 1.165) is 5.56 Å². The second kappa shape index (κ2) is 8.36. The average molecular weight is 349 g/mol. The van der Waals surface area contributed by atoms with Gasteiger partial charge >= 0.3 is 11.9 Å². The zero-order chi connectivity index (χ0) is 17.5. The quantitative estimate of drug-likeness (QED) is 0.772. The SMILES string of the molecule is CC(=O)OCCc1ccc(OCc2cc(Cl)ccc2C(=O)O)cc1. The number of ether oxygens (including phenoxy) is 2. The predicted octanol–water partition coefficient (Wildman–Crippen LogP) is 3.72. The molecule has 0 aliphatic heterocycles. The lowest BCUT2D eigenvalue weighted by Gasteiger charge is -2.10. The normalized spacial score (nSPS) is 10.2. The van der Waals surface area contributed by atoms with Crippen molar-refractivity contribution in [3.05, 3.63) is 64.2 Å². The number of benzene rings is 2. The number of carbonyl (C=O) groups is 2. The van der Waals surface area contributed by atoms with Crippen LogP contribution in [-0.2, 0) is 22.6 Å². The molecule has 0 saturated heterocycles. The van der Waals surface area contributed by atoms with Crippen LogP contribution >= 0.6 is 11.6 Å². The lowest BCUT2D eigenvalue weighted by atomic mass is 10.1. The molecular formula is C18H17ClO5. The maximum absolute atomic E-state index is 11.2. The van der Waals surface area contributed by atoms with Crippen LogP contribution in [0.25, 0.3) is 0 Å². The summed E-state index contributed by atoms with van der Waals surface area (Å²) in [5.41, 5.74) is 1.68. The first-order valence-electron chi connectivity index (χ1n) is 7.32. The molecule has 0 amide bonds. The molecule has 6 heteroatoms. The number of carboxylic acid groups (broad SMARTS) is 1. The van der Waals surface area contributed by atoms with Crippen LogP contribution in [0.15, 0.2) is 42.5 Å². The fraction of sp³-hybridized carbons (Fsp3) is 0.222. The molecule has 0 fully saturated rings. The van der Waals surface area contributed by atoms with Gasteiger partial charge in [-0.2, -0.15) is 0 Å². The number of esters is 1. The Bertz CT molecular complexity index is 725. The van der Waals surface area contributed by atoms with Crippen molar-refractivity contribution < 1.29 is 24.2 Å². The minimum absolute atomic E-state index is 0.106. The third-order valence-electron chi connectivity index (χ3n) is 3.31. The lowest BCUT2D eigenvalue weighted by Crippen LogP contribution is -2.06. The molecule has 2 aromatic carbocycles. The molecule has 0 radical (unpaired) electrons. The van der Waals surface area contributed by atoms with E-state index in [0.29, 0.717) is 29.4 Å². The van der Waals surface area contributed by atoms with Crippen molar-refractivity contribution in [1.82, 2.24) is 0 Å². The smallest absolute Gasteiger partial charge is 0.336 e. The van der Waals surface area contributed by atoms with Gasteiger partial charge in [0.1, 0.15) is 12.4 Å². The lowest BCUT2D eigenvalue weighted by molar-refractivity contribution is -0.140. The molecule has 0 aromatic heterocycles. The van der Waals surface area contributed by atoms with Gasteiger partial charge < -0.3 is 14.6 Å². The van der Waals surface area contributed by atoms with Gasteiger partial charge in [0.05, 0.1) is 12.2 Å². The number of hydrogen-bond donors (Lipinski definition) is 1. The van der Waals surface area contributed by atoms with Gasteiger partial charge in [-0.05, 0) is 35.9 Å². The van der Waals surface area contributed by atoms with E-state index in [1.807, 2.05) is 12.1 Å². The maximum Gasteiger partial charge on any atom is 0.336 e. The third kappa shape index (κ3) is 5.28. The fourth-order valence-electron chi connectivity index (χ4n) is 2.12. The van der Waals surface area contributed by atoms with Gasteiger partial charge in [0.2, 0.25) is 0 Å². The summed E-state index contributed by atoms with van der Waals surface area (Å²) in [6, 6.07) is 11.9. The van der Waals surface area contributed by atoms with Crippen LogP contribution < -0.4 is 4.74 Å². The number of carboxylic acids is 1. The van der Waals surface area contributed by atoms with E-state index in [1.54, 1.807) is 18.2 Å². The van der Waals surface area contributed by atoms with E-state index in [2.05, 4.69) is 0 Å². The molecule has 5 nitrogen and oxygen atoms in total. The molecule has 24 heavy (non-hydrogen) atoms. The molecule has 0 spiro atoms. The van der Waals surface area contributed by atoms with E-state index in [-0.39, 0.29) is 18.1 Å². The Morgan fingerprint density at radius 2 is 1.83 bits per heavy atom. The summed E-state index contributed by atoms with van der Waals surface area (Å²) in [6.45, 7) is 1.81. The maximum atomic E-state index is 11.2. The molecule has 0 saturated carbocycles. The highest BCUT2D eigenvalue weighted by molar-refractivity contribution is 6.30. The first-order chi connectivity index (χ1) is 11.5. The Morgan fingerprint density at radius 1 is 1.12 bits per heavy atom. The summed E-state index contributed by atoms with van der Waals surface area (Å²) in [4.78, 5) is 21.9. The minimum Gasteiger partial charge on any atom is -0.489 e. The number of hydrogen-bond acceptors (Lipinski definition) is 4. The zero-order valence-corrected chi connectivity index (χ0v) is 13.9. The number of aromatic carboxylic acids is 1. The summed E-state index contributed by atoms with van der Waals surface area (Å²) in [7, 11) is 0. The van der Waals surface area contributed by atoms with Crippen molar-refractivity contribution >= 4 is 23.5 Å². The van der Waals surface area contributed by atoms with Gasteiger partial charge in [0.25, 0.3) is 0 Å². The number of rotatable bonds is 7. The van der Waals surface area contributed by atoms with Crippen molar-refractivity contribution in [2.75, 3.05) is 6.61 Å². The molecule has 126 valence electrons. The highest BCUT2D eigenvalue weighted by Crippen LogP contribution is 2.20. The first kappa shape index (κ1) is 17.8. The minimum atomic E-state index is -1.02. The van der Waals surface area contributed by atoms with Crippen LogP contribution in [0.5, 0.6) is 5.75 Å². The van der Waals surface area contributed by atoms with Gasteiger partial charge in [-0.15, -0.1) is 0 Å². The molecule has 0 atom stereocenters. The summed E-state index contributed by atoms with van der Waals surface area (Å²) in [5.74, 6) is -0.709. The van der Waals surface area contributed by atoms with Gasteiger partial charge in [0, 0.05) is 23.9 Å². The predicted molar refractivity (Wildman–Crippen MR) is 89.5 cm³/mol. The Hall–Kier alpha value is -2.53. The van der Waals surface area contributed by atoms with Crippen LogP contribution in [-0.4, -0.2) is 23.7 Å². The van der Waals surface area contributed by atoms with Crippen LogP contribution in [0.3, 0.4) is 0 Å². The zero-order valence-electron chi connectivity index (χ0n) is 13.1. The van der Waals surface area contributed by atoms with E-state index >= 15 is 0 Å². The van der Waals surface area contributed by atoms with Gasteiger partial charge in [-0.1, -0.05) is 23.7 Å². The molecule has 0 aliphatic rings. The summed E-state index contributed by atoms with van der Waals surface area (Å²) >= 11 is 5.91. The molecule has 0 bridgehead atoms. The number of carbonyl (C=O) groups excluding carboxylic acids is 1. The highest BCUT2D eigenvalue weighted by atomic mass is 35.5. The first-order valence-corrected chi connectivity index (χ1v) is 7.70. The van der Waals surface area contributed by atoms with Crippen LogP contribution in [0.2, 0.25) is 5.02 Å². The van der Waals surface area contributed by atoms with Crippen molar-refractivity contribution in [2.45, 2.75) is 20.0 Å². The highest BCUT2D eigenvalue weighted by Gasteiger charge is 2.11. The van der Waals surface area contributed by atoms with Crippen molar-refractivity contribution in [3.8, 4) is 5.75 Å². The summed E-state index contributed by atoms with van der Waals surface area (Å²) in [6.07, 6.45) is 0.622. The van der Waals surface area contributed by atoms with E-state index < -0.39 is 5.97 Å². The van der Waals surface area contributed by atoms with Crippen molar-refractivity contribution in [1.29, 1.82) is 0 Å². The Kier molecular flexibility index (Phi) is 6.21. The Balaban J connectivity index is 1.96. The van der Waals surface area contributed by atoms with Gasteiger partial charge in [-0.25, -0.2) is 4.79 Å². The third-order valence-corrected chi connectivity index (χ3v) is 3.55. The molecule has 1 N–H and O–H groups in total. The van der Waals surface area contributed by atoms with Crippen LogP contribution in [0.4, 0.5) is 0 Å². The van der Waals surface area contributed by atoms with E-state index in [9.17, 15) is 14.7 Å². The monoisotopic (exact) mass is 348 g/mol. The Labute approximate surface area is 144 Å². The molecule has 0 unspecified atom stereocenters. The van der Waals surface area contributed by atoms with Gasteiger partial charge in [0.15, 0.2) is 0 Å². The molecular weight excluding hydrogens is 332 g/mol. The second-order valence-electron chi connectivity index (χ2n) is 5.13. The van der Waals surface area contributed by atoms with Crippen LogP contribution in [0.1, 0.15) is 28.4 Å². The topological polar surface area (TPSA) is 72.8 Å². The van der Waals surface area contributed by atoms with Crippen molar-refractivity contribution in [2.24, 2.45) is 0 Å². The fourth-order valence-corrected chi connectivity index (χ4v) is 2.31. The molecule has 0 aliphatic carbocycles. The van der Waals surface area contributed by atoms with Crippen molar-refractivity contribution in [3.63, 3.8) is 0 Å². The van der Waals surface area contributed by atoms with Crippen LogP contribution in [0, 0.1) is 0 Å². The number of halogens is 1. The molecule has 2 aromatic rings. The molecule has 2 rings (SSSR count). The van der Waals surface area contributed by atoms with E-state index in [4.69, 9.17) is 21.1 Å². The Morgan fingerprint density at radius 3 is 2.46 bits per heavy atom. The average Bonchev–Trinajstić information content (AvgIpc) is 2.53. The second-order valence-corrected chi connectivity index (χ2v) is 5.57. The summed E-state index contributed by atoms with van der Waals surface area (Å²) < 4.78 is 10.5. The molecule has 0 heterocycles. The van der Waals surface area contributed by atoms with Gasteiger partial charge in [-0.3, -0.25) is 4.79 Å². The largest absolute Gasteiger partial charge is 0.489 e. The summed E-state index contributed by atoms with van der Waals surface area (Å²) in [5, 5.41) is 9.63.